The third-order valence-corrected chi connectivity index (χ3v) is 6.06. The normalized spacial score (nSPS) is 11.3. The van der Waals surface area contributed by atoms with E-state index in [9.17, 15) is 13.2 Å². The summed E-state index contributed by atoms with van der Waals surface area (Å²) in [5, 5.41) is 3.97. The number of anilines is 1. The number of hydrogen-bond donors (Lipinski definition) is 1. The van der Waals surface area contributed by atoms with Gasteiger partial charge in [0.25, 0.3) is 5.91 Å². The van der Waals surface area contributed by atoms with Gasteiger partial charge >= 0.3 is 0 Å². The lowest BCUT2D eigenvalue weighted by Crippen LogP contribution is -2.39. The average molecular weight is 496 g/mol. The minimum absolute atomic E-state index is 0.393. The fraction of sp³-hybridized carbons (Fsp3) is 0.231. The van der Waals surface area contributed by atoms with Crippen LogP contribution in [0.2, 0.25) is 0 Å². The largest absolute Gasteiger partial charge is 0.490 e. The molecule has 0 saturated carbocycles. The van der Waals surface area contributed by atoms with Crippen molar-refractivity contribution in [3.05, 3.63) is 89.5 Å². The molecular weight excluding hydrogens is 466 g/mol. The highest BCUT2D eigenvalue weighted by Crippen LogP contribution is 2.29. The minimum atomic E-state index is -3.66. The molecule has 0 unspecified atom stereocenters. The number of sulfonamides is 1. The molecule has 9 heteroatoms. The summed E-state index contributed by atoms with van der Waals surface area (Å²) >= 11 is 0. The molecule has 3 aromatic rings. The second kappa shape index (κ2) is 12.0. The van der Waals surface area contributed by atoms with Gasteiger partial charge in [0, 0.05) is 0 Å². The molecule has 0 bridgehead atoms. The lowest BCUT2D eigenvalue weighted by molar-refractivity contribution is -0.119. The van der Waals surface area contributed by atoms with E-state index in [-0.39, 0.29) is 0 Å². The highest BCUT2D eigenvalue weighted by atomic mass is 32.2. The van der Waals surface area contributed by atoms with Crippen LogP contribution >= 0.6 is 0 Å². The van der Waals surface area contributed by atoms with Crippen molar-refractivity contribution < 1.29 is 22.7 Å². The highest BCUT2D eigenvalue weighted by Gasteiger charge is 2.20. The summed E-state index contributed by atoms with van der Waals surface area (Å²) in [5.74, 6) is 0.584. The van der Waals surface area contributed by atoms with Gasteiger partial charge in [0.15, 0.2) is 11.5 Å². The van der Waals surface area contributed by atoms with Crippen molar-refractivity contribution in [1.29, 1.82) is 0 Å². The summed E-state index contributed by atoms with van der Waals surface area (Å²) in [6, 6.07) is 22.0. The predicted octanol–water partition coefficient (Wildman–Crippen LogP) is 3.89. The van der Waals surface area contributed by atoms with E-state index in [1.807, 2.05) is 44.2 Å². The number of amides is 1. The molecule has 1 amide bonds. The van der Waals surface area contributed by atoms with Crippen molar-refractivity contribution in [2.24, 2.45) is 5.10 Å². The Morgan fingerprint density at radius 1 is 1.00 bits per heavy atom. The van der Waals surface area contributed by atoms with E-state index in [1.165, 1.54) is 6.21 Å². The van der Waals surface area contributed by atoms with Gasteiger partial charge in [-0.05, 0) is 55.3 Å². The Bertz CT molecular complexity index is 1260. The number of carbonyl (C=O) groups excluding carboxylic acids is 1. The van der Waals surface area contributed by atoms with Gasteiger partial charge in [-0.2, -0.15) is 5.10 Å². The maximum atomic E-state index is 12.4. The van der Waals surface area contributed by atoms with Crippen molar-refractivity contribution in [3.8, 4) is 11.5 Å². The number of aryl methyl sites for hydroxylation is 1. The molecule has 184 valence electrons. The Labute approximate surface area is 206 Å². The third-order valence-electron chi connectivity index (χ3n) is 4.92. The van der Waals surface area contributed by atoms with Gasteiger partial charge in [-0.15, -0.1) is 0 Å². The number of nitrogens with zero attached hydrogens (tertiary/aromatic N) is 2. The first kappa shape index (κ1) is 25.8. The molecule has 1 N–H and O–H groups in total. The molecule has 8 nitrogen and oxygen atoms in total. The summed E-state index contributed by atoms with van der Waals surface area (Å²) in [6.45, 7) is 4.25. The van der Waals surface area contributed by atoms with E-state index in [1.54, 1.807) is 42.5 Å². The first-order valence-corrected chi connectivity index (χ1v) is 12.9. The van der Waals surface area contributed by atoms with Gasteiger partial charge in [-0.3, -0.25) is 9.10 Å². The number of benzene rings is 3. The second-order valence-corrected chi connectivity index (χ2v) is 9.72. The van der Waals surface area contributed by atoms with Crippen molar-refractivity contribution in [1.82, 2.24) is 5.43 Å². The van der Waals surface area contributed by atoms with E-state index in [0.717, 1.165) is 21.7 Å². The average Bonchev–Trinajstić information content (AvgIpc) is 2.83. The Balaban J connectivity index is 1.64. The lowest BCUT2D eigenvalue weighted by Gasteiger charge is -2.21. The lowest BCUT2D eigenvalue weighted by atomic mass is 10.2. The molecule has 0 aliphatic carbocycles. The first-order valence-electron chi connectivity index (χ1n) is 11.1. The maximum absolute atomic E-state index is 12.4. The summed E-state index contributed by atoms with van der Waals surface area (Å²) in [7, 11) is -3.66. The number of ether oxygens (including phenoxy) is 2. The molecule has 0 spiro atoms. The Morgan fingerprint density at radius 2 is 1.71 bits per heavy atom. The zero-order valence-corrected chi connectivity index (χ0v) is 20.8. The quantitative estimate of drug-likeness (QED) is 0.322. The van der Waals surface area contributed by atoms with Crippen LogP contribution in [0.4, 0.5) is 5.69 Å². The number of hydrazone groups is 1. The van der Waals surface area contributed by atoms with Crippen LogP contribution in [0.1, 0.15) is 23.6 Å². The zero-order valence-electron chi connectivity index (χ0n) is 20.0. The van der Waals surface area contributed by atoms with Gasteiger partial charge in [0.2, 0.25) is 10.0 Å². The number of carbonyl (C=O) groups is 1. The molecule has 3 aromatic carbocycles. The van der Waals surface area contributed by atoms with Crippen molar-refractivity contribution in [3.63, 3.8) is 0 Å². The summed E-state index contributed by atoms with van der Waals surface area (Å²) in [4.78, 5) is 12.4. The van der Waals surface area contributed by atoms with E-state index < -0.39 is 22.5 Å². The van der Waals surface area contributed by atoms with Crippen molar-refractivity contribution >= 4 is 27.8 Å². The Hall–Kier alpha value is -3.85. The van der Waals surface area contributed by atoms with Gasteiger partial charge in [0.1, 0.15) is 13.2 Å². The van der Waals surface area contributed by atoms with Crippen LogP contribution in [0.5, 0.6) is 11.5 Å². The van der Waals surface area contributed by atoms with Crippen LogP contribution in [0.15, 0.2) is 77.9 Å². The molecule has 0 atom stereocenters. The van der Waals surface area contributed by atoms with Crippen LogP contribution < -0.4 is 19.2 Å². The highest BCUT2D eigenvalue weighted by molar-refractivity contribution is 7.92. The van der Waals surface area contributed by atoms with Gasteiger partial charge in [0.05, 0.1) is 24.8 Å². The molecular formula is C26H29N3O5S. The van der Waals surface area contributed by atoms with Crippen LogP contribution in [0.25, 0.3) is 0 Å². The molecule has 0 aliphatic heterocycles. The van der Waals surface area contributed by atoms with E-state index >= 15 is 0 Å². The summed E-state index contributed by atoms with van der Waals surface area (Å²) in [6.07, 6.45) is 2.51. The Morgan fingerprint density at radius 3 is 2.37 bits per heavy atom. The van der Waals surface area contributed by atoms with Crippen LogP contribution in [-0.4, -0.2) is 39.9 Å². The smallest absolute Gasteiger partial charge is 0.260 e. The van der Waals surface area contributed by atoms with E-state index in [0.29, 0.717) is 36.0 Å². The van der Waals surface area contributed by atoms with Crippen LogP contribution in [-0.2, 0) is 21.4 Å². The molecule has 35 heavy (non-hydrogen) atoms. The first-order chi connectivity index (χ1) is 16.8. The van der Waals surface area contributed by atoms with E-state index in [2.05, 4.69) is 10.5 Å². The standard InChI is InChI=1S/C26H29N3O5S/c1-4-33-25-16-22(12-15-24(25)34-19-21-8-6-5-7-9-21)17-27-28-26(30)18-29(35(3,31)32)23-13-10-20(2)11-14-23/h5-17H,4,18-19H2,1-3H3,(H,28,30)/b27-17-. The fourth-order valence-electron chi connectivity index (χ4n) is 3.18. The third kappa shape index (κ3) is 7.86. The summed E-state index contributed by atoms with van der Waals surface area (Å²) < 4.78 is 37.0. The van der Waals surface area contributed by atoms with Crippen LogP contribution in [0.3, 0.4) is 0 Å². The molecule has 0 saturated heterocycles. The zero-order chi connectivity index (χ0) is 25.3. The molecule has 0 heterocycles. The molecule has 0 radical (unpaired) electrons. The van der Waals surface area contributed by atoms with Crippen molar-refractivity contribution in [2.75, 3.05) is 23.7 Å². The predicted molar refractivity (Wildman–Crippen MR) is 137 cm³/mol. The SMILES string of the molecule is CCOc1cc(/C=N\NC(=O)CN(c2ccc(C)cc2)S(C)(=O)=O)ccc1OCc1ccccc1. The number of hydrogen-bond acceptors (Lipinski definition) is 6. The van der Waals surface area contributed by atoms with Gasteiger partial charge in [-0.25, -0.2) is 13.8 Å². The monoisotopic (exact) mass is 495 g/mol. The maximum Gasteiger partial charge on any atom is 0.260 e. The number of rotatable bonds is 11. The van der Waals surface area contributed by atoms with Crippen molar-refractivity contribution in [2.45, 2.75) is 20.5 Å². The van der Waals surface area contributed by atoms with Gasteiger partial charge in [-0.1, -0.05) is 48.0 Å². The second-order valence-electron chi connectivity index (χ2n) is 7.81. The molecule has 0 fully saturated rings. The summed E-state index contributed by atoms with van der Waals surface area (Å²) in [5.41, 5.74) is 5.49. The fourth-order valence-corrected chi connectivity index (χ4v) is 4.04. The molecule has 0 aliphatic rings. The number of nitrogens with one attached hydrogen (secondary N) is 1. The van der Waals surface area contributed by atoms with E-state index in [4.69, 9.17) is 9.47 Å². The van der Waals surface area contributed by atoms with Gasteiger partial charge < -0.3 is 9.47 Å². The molecule has 3 rings (SSSR count). The molecule has 0 aromatic heterocycles. The Kier molecular flexibility index (Phi) is 8.86. The minimum Gasteiger partial charge on any atom is -0.490 e. The topological polar surface area (TPSA) is 97.3 Å². The van der Waals surface area contributed by atoms with Crippen LogP contribution in [0, 0.1) is 6.92 Å².